The number of hydrogen-bond donors (Lipinski definition) is 0. The van der Waals surface area contributed by atoms with E-state index in [1.54, 1.807) is 11.0 Å². The molecule has 2 heterocycles. The second-order valence-corrected chi connectivity index (χ2v) is 9.57. The molecule has 1 atom stereocenters. The van der Waals surface area contributed by atoms with Gasteiger partial charge in [0.1, 0.15) is 4.21 Å². The normalized spacial score (nSPS) is 22.7. The van der Waals surface area contributed by atoms with Crippen LogP contribution in [-0.4, -0.2) is 49.7 Å². The molecule has 0 saturated carbocycles. The molecule has 1 aliphatic carbocycles. The quantitative estimate of drug-likeness (QED) is 0.779. The fraction of sp³-hybridized carbons (Fsp3) is 0.562. The molecule has 0 radical (unpaired) electrons. The average Bonchev–Trinajstić information content (AvgIpc) is 3.19. The van der Waals surface area contributed by atoms with Crippen LogP contribution in [0, 0.1) is 12.8 Å². The maximum absolute atomic E-state index is 12.6. The highest BCUT2D eigenvalue weighted by Gasteiger charge is 2.31. The Kier molecular flexibility index (Phi) is 4.89. The molecule has 1 unspecified atom stereocenters. The summed E-state index contributed by atoms with van der Waals surface area (Å²) >= 11 is 1.30. The highest BCUT2D eigenvalue weighted by Crippen LogP contribution is 2.26. The predicted octanol–water partition coefficient (Wildman–Crippen LogP) is 2.25. The molecule has 1 aliphatic heterocycles. The molecule has 0 bridgehead atoms. The molecule has 2 aliphatic rings. The molecule has 5 nitrogen and oxygen atoms in total. The first-order valence-corrected chi connectivity index (χ1v) is 10.2. The number of amides is 1. The minimum atomic E-state index is -3.41. The van der Waals surface area contributed by atoms with E-state index in [0.717, 1.165) is 17.7 Å². The van der Waals surface area contributed by atoms with Crippen LogP contribution >= 0.6 is 11.3 Å². The number of rotatable bonds is 4. The molecule has 3 rings (SSSR count). The molecule has 126 valence electrons. The van der Waals surface area contributed by atoms with Crippen molar-refractivity contribution in [3.63, 3.8) is 0 Å². The van der Waals surface area contributed by atoms with E-state index in [0.29, 0.717) is 42.7 Å². The van der Waals surface area contributed by atoms with Crippen molar-refractivity contribution in [3.8, 4) is 0 Å². The maximum Gasteiger partial charge on any atom is 0.252 e. The van der Waals surface area contributed by atoms with Gasteiger partial charge in [0.25, 0.3) is 10.0 Å². The predicted molar refractivity (Wildman–Crippen MR) is 90.9 cm³/mol. The minimum Gasteiger partial charge on any atom is -0.340 e. The van der Waals surface area contributed by atoms with Gasteiger partial charge in [-0.3, -0.25) is 4.79 Å². The van der Waals surface area contributed by atoms with Gasteiger partial charge < -0.3 is 4.90 Å². The van der Waals surface area contributed by atoms with Crippen LogP contribution in [0.25, 0.3) is 0 Å². The fourth-order valence-corrected chi connectivity index (χ4v) is 5.93. The molecule has 23 heavy (non-hydrogen) atoms. The van der Waals surface area contributed by atoms with Crippen LogP contribution in [0.15, 0.2) is 28.5 Å². The average molecular weight is 354 g/mol. The molecular formula is C16H22N2O3S2. The van der Waals surface area contributed by atoms with Gasteiger partial charge in [-0.15, -0.1) is 11.3 Å². The lowest BCUT2D eigenvalue weighted by atomic mass is 10.0. The standard InChI is InChI=1S/C16H22N2O3S2/c1-13-6-7-16(22-13)23(20,21)18-10-8-17(9-11-18)15(19)12-14-4-2-3-5-14/h2,4,6-7,14H,3,5,8-12H2,1H3. The maximum atomic E-state index is 12.6. The first-order chi connectivity index (χ1) is 11.0. The zero-order chi connectivity index (χ0) is 16.4. The lowest BCUT2D eigenvalue weighted by Crippen LogP contribution is -2.50. The smallest absolute Gasteiger partial charge is 0.252 e. The number of aryl methyl sites for hydroxylation is 1. The SMILES string of the molecule is Cc1ccc(S(=O)(=O)N2CCN(C(=O)CC3C=CCC3)CC2)s1. The second-order valence-electron chi connectivity index (χ2n) is 6.12. The van der Waals surface area contributed by atoms with Gasteiger partial charge in [-0.05, 0) is 37.8 Å². The third-order valence-corrected chi connectivity index (χ3v) is 7.82. The summed E-state index contributed by atoms with van der Waals surface area (Å²) in [4.78, 5) is 15.1. The number of sulfonamides is 1. The summed E-state index contributed by atoms with van der Waals surface area (Å²) in [6.45, 7) is 3.63. The van der Waals surface area contributed by atoms with Crippen LogP contribution in [0.5, 0.6) is 0 Å². The first kappa shape index (κ1) is 16.7. The van der Waals surface area contributed by atoms with Crippen molar-refractivity contribution in [2.45, 2.75) is 30.4 Å². The highest BCUT2D eigenvalue weighted by atomic mass is 32.2. The van der Waals surface area contributed by atoms with Crippen molar-refractivity contribution in [1.82, 2.24) is 9.21 Å². The summed E-state index contributed by atoms with van der Waals surface area (Å²) in [6.07, 6.45) is 6.92. The molecule has 0 N–H and O–H groups in total. The van der Waals surface area contributed by atoms with E-state index in [9.17, 15) is 13.2 Å². The van der Waals surface area contributed by atoms with Crippen LogP contribution in [0.4, 0.5) is 0 Å². The number of thiophene rings is 1. The van der Waals surface area contributed by atoms with Crippen molar-refractivity contribution < 1.29 is 13.2 Å². The molecule has 1 fully saturated rings. The topological polar surface area (TPSA) is 57.7 Å². The monoisotopic (exact) mass is 354 g/mol. The Labute approximate surface area is 141 Å². The van der Waals surface area contributed by atoms with E-state index < -0.39 is 10.0 Å². The van der Waals surface area contributed by atoms with Gasteiger partial charge in [-0.25, -0.2) is 8.42 Å². The number of carbonyl (C=O) groups is 1. The molecule has 1 aromatic rings. The van der Waals surface area contributed by atoms with E-state index >= 15 is 0 Å². The largest absolute Gasteiger partial charge is 0.340 e. The van der Waals surface area contributed by atoms with Gasteiger partial charge in [-0.1, -0.05) is 12.2 Å². The van der Waals surface area contributed by atoms with Gasteiger partial charge in [0.05, 0.1) is 0 Å². The summed E-state index contributed by atoms with van der Waals surface area (Å²) in [5.41, 5.74) is 0. The van der Waals surface area contributed by atoms with Gasteiger partial charge in [0.15, 0.2) is 0 Å². The van der Waals surface area contributed by atoms with E-state index in [1.165, 1.54) is 15.6 Å². The van der Waals surface area contributed by atoms with Gasteiger partial charge in [0, 0.05) is 37.5 Å². The van der Waals surface area contributed by atoms with Crippen molar-refractivity contribution in [3.05, 3.63) is 29.2 Å². The van der Waals surface area contributed by atoms with Crippen LogP contribution in [0.2, 0.25) is 0 Å². The van der Waals surface area contributed by atoms with Crippen molar-refractivity contribution >= 4 is 27.3 Å². The third-order valence-electron chi connectivity index (χ3n) is 4.45. The summed E-state index contributed by atoms with van der Waals surface area (Å²) in [5, 5.41) is 0. The zero-order valence-corrected chi connectivity index (χ0v) is 14.9. The Bertz CT molecular complexity index is 701. The number of nitrogens with zero attached hydrogens (tertiary/aromatic N) is 2. The molecule has 7 heteroatoms. The minimum absolute atomic E-state index is 0.144. The second kappa shape index (κ2) is 6.75. The number of allylic oxidation sites excluding steroid dienone is 2. The molecule has 0 spiro atoms. The van der Waals surface area contributed by atoms with E-state index in [4.69, 9.17) is 0 Å². The summed E-state index contributed by atoms with van der Waals surface area (Å²) in [5.74, 6) is 0.504. The summed E-state index contributed by atoms with van der Waals surface area (Å²) < 4.78 is 27.1. The van der Waals surface area contributed by atoms with E-state index in [1.807, 2.05) is 13.0 Å². The molecule has 1 aromatic heterocycles. The van der Waals surface area contributed by atoms with Crippen LogP contribution < -0.4 is 0 Å². The Hall–Kier alpha value is -1.18. The lowest BCUT2D eigenvalue weighted by Gasteiger charge is -2.34. The zero-order valence-electron chi connectivity index (χ0n) is 13.3. The Morgan fingerprint density at radius 3 is 2.57 bits per heavy atom. The Morgan fingerprint density at radius 1 is 1.26 bits per heavy atom. The fourth-order valence-electron chi connectivity index (χ4n) is 3.07. The Balaban J connectivity index is 1.57. The number of hydrogen-bond acceptors (Lipinski definition) is 4. The van der Waals surface area contributed by atoms with Crippen molar-refractivity contribution in [1.29, 1.82) is 0 Å². The number of piperazine rings is 1. The van der Waals surface area contributed by atoms with Crippen LogP contribution in [0.1, 0.15) is 24.1 Å². The van der Waals surface area contributed by atoms with Gasteiger partial charge >= 0.3 is 0 Å². The number of carbonyl (C=O) groups excluding carboxylic acids is 1. The molecular weight excluding hydrogens is 332 g/mol. The van der Waals surface area contributed by atoms with Crippen molar-refractivity contribution in [2.24, 2.45) is 5.92 Å². The summed E-state index contributed by atoms with van der Waals surface area (Å²) in [7, 11) is -3.41. The molecule has 0 aromatic carbocycles. The van der Waals surface area contributed by atoms with Gasteiger partial charge in [-0.2, -0.15) is 4.31 Å². The first-order valence-electron chi connectivity index (χ1n) is 7.98. The van der Waals surface area contributed by atoms with E-state index in [-0.39, 0.29) is 5.91 Å². The Morgan fingerprint density at radius 2 is 2.00 bits per heavy atom. The summed E-state index contributed by atoms with van der Waals surface area (Å²) in [6, 6.07) is 3.49. The molecule has 1 amide bonds. The highest BCUT2D eigenvalue weighted by molar-refractivity contribution is 7.91. The van der Waals surface area contributed by atoms with E-state index in [2.05, 4.69) is 12.2 Å². The van der Waals surface area contributed by atoms with Crippen molar-refractivity contribution in [2.75, 3.05) is 26.2 Å². The van der Waals surface area contributed by atoms with Crippen LogP contribution in [0.3, 0.4) is 0 Å². The molecule has 1 saturated heterocycles. The van der Waals surface area contributed by atoms with Crippen LogP contribution in [-0.2, 0) is 14.8 Å². The van der Waals surface area contributed by atoms with Gasteiger partial charge in [0.2, 0.25) is 5.91 Å². The third kappa shape index (κ3) is 3.67. The lowest BCUT2D eigenvalue weighted by molar-refractivity contribution is -0.133.